The van der Waals surface area contributed by atoms with Crippen LogP contribution in [0.2, 0.25) is 0 Å². The van der Waals surface area contributed by atoms with E-state index >= 15 is 0 Å². The van der Waals surface area contributed by atoms with Gasteiger partial charge in [0.05, 0.1) is 23.8 Å². The minimum atomic E-state index is 0.443. The van der Waals surface area contributed by atoms with Gasteiger partial charge < -0.3 is 10.6 Å². The summed E-state index contributed by atoms with van der Waals surface area (Å²) in [6, 6.07) is 3.66. The topological polar surface area (TPSA) is 159 Å². The number of thiazole rings is 2. The van der Waals surface area contributed by atoms with Gasteiger partial charge in [-0.25, -0.2) is 29.9 Å². The molecular weight excluding hydrogens is 557 g/mol. The number of nitrogens with one attached hydrogen (secondary N) is 4. The highest BCUT2D eigenvalue weighted by Gasteiger charge is 2.28. The van der Waals surface area contributed by atoms with E-state index in [-0.39, 0.29) is 0 Å². The maximum absolute atomic E-state index is 4.69. The molecule has 0 amide bonds. The molecule has 2 atom stereocenters. The number of anilines is 4. The molecule has 2 aliphatic carbocycles. The first-order valence-electron chi connectivity index (χ1n) is 13.2. The molecule has 6 aromatic heterocycles. The zero-order valence-corrected chi connectivity index (χ0v) is 24.1. The number of nitrogens with zero attached hydrogens (tertiary/aromatic N) is 8. The Kier molecular flexibility index (Phi) is 6.47. The summed E-state index contributed by atoms with van der Waals surface area (Å²) in [5.41, 5.74) is 7.54. The van der Waals surface area contributed by atoms with Crippen LogP contribution < -0.4 is 10.6 Å². The van der Waals surface area contributed by atoms with E-state index in [1.165, 1.54) is 21.1 Å². The summed E-state index contributed by atoms with van der Waals surface area (Å²) in [6.45, 7) is 6.35. The molecule has 6 aromatic rings. The molecule has 0 fully saturated rings. The average molecular weight is 583 g/mol. The summed E-state index contributed by atoms with van der Waals surface area (Å²) in [4.78, 5) is 28.8. The highest BCUT2D eigenvalue weighted by Crippen LogP contribution is 2.43. The van der Waals surface area contributed by atoms with E-state index < -0.39 is 0 Å². The van der Waals surface area contributed by atoms with E-state index in [2.05, 4.69) is 69.8 Å². The van der Waals surface area contributed by atoms with Gasteiger partial charge in [-0.3, -0.25) is 10.2 Å². The summed E-state index contributed by atoms with van der Waals surface area (Å²) >= 11 is 3.32. The Bertz CT molecular complexity index is 1820. The normalized spacial score (nSPS) is 16.5. The number of H-pyrrole nitrogens is 2. The van der Waals surface area contributed by atoms with Crippen LogP contribution >= 0.6 is 22.7 Å². The zero-order chi connectivity index (χ0) is 27.9. The quantitative estimate of drug-likeness (QED) is 0.201. The summed E-state index contributed by atoms with van der Waals surface area (Å²) in [7, 11) is 0. The molecule has 0 saturated heterocycles. The van der Waals surface area contributed by atoms with Crippen molar-refractivity contribution in [3.63, 3.8) is 0 Å². The molecule has 6 heterocycles. The van der Waals surface area contributed by atoms with Gasteiger partial charge in [0.25, 0.3) is 0 Å². The Hall–Kier alpha value is -4.56. The fourth-order valence-electron chi connectivity index (χ4n) is 5.05. The number of fused-ring (bicyclic) bond motifs is 6. The molecule has 206 valence electrons. The van der Waals surface area contributed by atoms with E-state index in [4.69, 9.17) is 4.98 Å². The van der Waals surface area contributed by atoms with Gasteiger partial charge in [-0.1, -0.05) is 13.8 Å². The number of aromatic nitrogens is 10. The minimum Gasteiger partial charge on any atom is -0.300 e. The van der Waals surface area contributed by atoms with Gasteiger partial charge in [-0.05, 0) is 31.9 Å². The summed E-state index contributed by atoms with van der Waals surface area (Å²) in [5, 5.41) is 22.4. The van der Waals surface area contributed by atoms with Crippen molar-refractivity contribution >= 4 is 44.8 Å². The van der Waals surface area contributed by atoms with Crippen molar-refractivity contribution in [3.8, 4) is 22.5 Å². The number of rotatable bonds is 4. The molecule has 0 spiro atoms. The first-order chi connectivity index (χ1) is 20.0. The van der Waals surface area contributed by atoms with Gasteiger partial charge in [0.2, 0.25) is 11.9 Å². The van der Waals surface area contributed by atoms with Crippen LogP contribution in [0.15, 0.2) is 43.1 Å². The summed E-state index contributed by atoms with van der Waals surface area (Å²) in [5.74, 6) is 2.04. The second-order valence-corrected chi connectivity index (χ2v) is 12.2. The standard InChI is InChI=1S/C14H14N6S.C13H12N6S/c1-7-5-10-12(9-6-16-20-11(7)9)18-14(21-10)19-13-15-4-3-8(2)17-13;1-7-5-9-11(8-6-16-19-10(7)8)17-13(20-9)18-12-14-3-2-4-15-12/h3-4,6-7H,5H2,1-2H3,(H,16,20)(H,15,17,18,19);2-4,6-7H,5H2,1H3,(H,16,19)(H,14,15,17,18). The fraction of sp³-hybridized carbons (Fsp3) is 0.259. The van der Waals surface area contributed by atoms with Crippen LogP contribution in [0.25, 0.3) is 22.5 Å². The molecule has 0 aliphatic heterocycles. The van der Waals surface area contributed by atoms with Crippen LogP contribution in [0.1, 0.15) is 52.5 Å². The van der Waals surface area contributed by atoms with Gasteiger partial charge in [0.15, 0.2) is 10.3 Å². The molecule has 2 aliphatic rings. The van der Waals surface area contributed by atoms with E-state index in [0.717, 1.165) is 51.3 Å². The van der Waals surface area contributed by atoms with Crippen molar-refractivity contribution in [2.75, 3.05) is 10.6 Å². The Morgan fingerprint density at radius 3 is 1.83 bits per heavy atom. The van der Waals surface area contributed by atoms with E-state index in [0.29, 0.717) is 23.7 Å². The molecule has 12 nitrogen and oxygen atoms in total. The lowest BCUT2D eigenvalue weighted by Gasteiger charge is -2.16. The van der Waals surface area contributed by atoms with Crippen molar-refractivity contribution in [2.45, 2.75) is 45.4 Å². The van der Waals surface area contributed by atoms with Gasteiger partial charge in [-0.2, -0.15) is 10.2 Å². The molecule has 2 unspecified atom stereocenters. The predicted molar refractivity (Wildman–Crippen MR) is 159 cm³/mol. The number of aryl methyl sites for hydroxylation is 1. The third-order valence-electron chi connectivity index (χ3n) is 7.01. The van der Waals surface area contributed by atoms with E-state index in [9.17, 15) is 0 Å². The SMILES string of the molecule is CC1Cc2sc(Nc3ncccn3)nc2-c2cn[nH]c21.Cc1ccnc(Nc2nc3c(s2)CC(C)c2[nH]ncc2-3)n1. The maximum Gasteiger partial charge on any atom is 0.229 e. The number of hydrogen-bond acceptors (Lipinski definition) is 12. The fourth-order valence-corrected chi connectivity index (χ4v) is 7.25. The van der Waals surface area contributed by atoms with E-state index in [1.807, 2.05) is 25.4 Å². The highest BCUT2D eigenvalue weighted by molar-refractivity contribution is 7.16. The van der Waals surface area contributed by atoms with Crippen molar-refractivity contribution in [1.82, 2.24) is 50.3 Å². The minimum absolute atomic E-state index is 0.443. The Balaban J connectivity index is 0.000000135. The van der Waals surface area contributed by atoms with Crippen molar-refractivity contribution < 1.29 is 0 Å². The Morgan fingerprint density at radius 2 is 1.27 bits per heavy atom. The lowest BCUT2D eigenvalue weighted by atomic mass is 9.91. The molecule has 0 bridgehead atoms. The molecule has 0 radical (unpaired) electrons. The van der Waals surface area contributed by atoms with Crippen LogP contribution in [0.4, 0.5) is 22.2 Å². The Labute approximate surface area is 243 Å². The monoisotopic (exact) mass is 582 g/mol. The van der Waals surface area contributed by atoms with Gasteiger partial charge in [0.1, 0.15) is 0 Å². The lowest BCUT2D eigenvalue weighted by molar-refractivity contribution is 0.723. The van der Waals surface area contributed by atoms with Crippen LogP contribution in [-0.4, -0.2) is 50.3 Å². The van der Waals surface area contributed by atoms with Crippen LogP contribution in [0.3, 0.4) is 0 Å². The molecular formula is C27H26N12S2. The molecule has 0 saturated carbocycles. The maximum atomic E-state index is 4.69. The first kappa shape index (κ1) is 25.4. The zero-order valence-electron chi connectivity index (χ0n) is 22.5. The van der Waals surface area contributed by atoms with Crippen molar-refractivity contribution in [3.05, 3.63) is 70.0 Å². The second-order valence-electron chi connectivity index (χ2n) is 10.0. The highest BCUT2D eigenvalue weighted by atomic mass is 32.1. The van der Waals surface area contributed by atoms with Crippen LogP contribution in [-0.2, 0) is 12.8 Å². The van der Waals surface area contributed by atoms with E-state index in [1.54, 1.807) is 47.3 Å². The number of aromatic amines is 2. The first-order valence-corrected chi connectivity index (χ1v) is 14.8. The van der Waals surface area contributed by atoms with Gasteiger partial charge in [0, 0.05) is 68.4 Å². The van der Waals surface area contributed by atoms with Crippen molar-refractivity contribution in [1.29, 1.82) is 0 Å². The molecule has 41 heavy (non-hydrogen) atoms. The molecule has 4 N–H and O–H groups in total. The lowest BCUT2D eigenvalue weighted by Crippen LogP contribution is -2.06. The smallest absolute Gasteiger partial charge is 0.229 e. The van der Waals surface area contributed by atoms with Gasteiger partial charge in [-0.15, -0.1) is 22.7 Å². The predicted octanol–water partition coefficient (Wildman–Crippen LogP) is 5.76. The molecule has 8 rings (SSSR count). The van der Waals surface area contributed by atoms with Crippen LogP contribution in [0, 0.1) is 6.92 Å². The number of hydrogen-bond donors (Lipinski definition) is 4. The summed E-state index contributed by atoms with van der Waals surface area (Å²) in [6.07, 6.45) is 10.8. The molecule has 0 aromatic carbocycles. The average Bonchev–Trinajstić information content (AvgIpc) is 3.75. The third kappa shape index (κ3) is 4.95. The van der Waals surface area contributed by atoms with Crippen LogP contribution in [0.5, 0.6) is 0 Å². The van der Waals surface area contributed by atoms with Crippen molar-refractivity contribution in [2.24, 2.45) is 0 Å². The summed E-state index contributed by atoms with van der Waals surface area (Å²) < 4.78 is 0. The second kappa shape index (κ2) is 10.4. The molecule has 14 heteroatoms. The largest absolute Gasteiger partial charge is 0.300 e. The van der Waals surface area contributed by atoms with Gasteiger partial charge >= 0.3 is 0 Å². The Morgan fingerprint density at radius 1 is 0.732 bits per heavy atom. The third-order valence-corrected chi connectivity index (χ3v) is 9.00.